The van der Waals surface area contributed by atoms with Crippen LogP contribution in [0.3, 0.4) is 0 Å². The van der Waals surface area contributed by atoms with Gasteiger partial charge in [-0.1, -0.05) is 13.5 Å². The van der Waals surface area contributed by atoms with Crippen LogP contribution in [0.2, 0.25) is 0 Å². The van der Waals surface area contributed by atoms with Crippen LogP contribution < -0.4 is 0 Å². The maximum absolute atomic E-state index is 11.1. The Balaban J connectivity index is 2.30. The molecule has 0 amide bonds. The zero-order chi connectivity index (χ0) is 10.6. The zero-order valence-corrected chi connectivity index (χ0v) is 8.58. The SMILES string of the molecule is C=C(C)C(=O)OCC(C)C1=NCCO1. The fraction of sp³-hybridized carbons (Fsp3) is 0.600. The van der Waals surface area contributed by atoms with Gasteiger partial charge in [-0.15, -0.1) is 0 Å². The van der Waals surface area contributed by atoms with Gasteiger partial charge in [-0.2, -0.15) is 0 Å². The van der Waals surface area contributed by atoms with Crippen LogP contribution in [0.4, 0.5) is 0 Å². The Hall–Kier alpha value is -1.32. The third-order valence-corrected chi connectivity index (χ3v) is 1.84. The molecule has 1 atom stereocenters. The molecule has 0 fully saturated rings. The van der Waals surface area contributed by atoms with Crippen LogP contribution in [-0.4, -0.2) is 31.6 Å². The summed E-state index contributed by atoms with van der Waals surface area (Å²) in [4.78, 5) is 15.2. The summed E-state index contributed by atoms with van der Waals surface area (Å²) >= 11 is 0. The molecule has 0 radical (unpaired) electrons. The van der Waals surface area contributed by atoms with E-state index in [2.05, 4.69) is 11.6 Å². The summed E-state index contributed by atoms with van der Waals surface area (Å²) in [6, 6.07) is 0. The molecule has 0 aromatic rings. The minimum absolute atomic E-state index is 0.0285. The van der Waals surface area contributed by atoms with Crippen molar-refractivity contribution in [1.82, 2.24) is 0 Å². The van der Waals surface area contributed by atoms with E-state index in [1.807, 2.05) is 6.92 Å². The first kappa shape index (κ1) is 10.8. The van der Waals surface area contributed by atoms with Crippen molar-refractivity contribution in [3.05, 3.63) is 12.2 Å². The Kier molecular flexibility index (Phi) is 3.68. The lowest BCUT2D eigenvalue weighted by atomic mass is 10.2. The fourth-order valence-corrected chi connectivity index (χ4v) is 1.04. The van der Waals surface area contributed by atoms with Gasteiger partial charge in [0.05, 0.1) is 12.5 Å². The number of esters is 1. The summed E-state index contributed by atoms with van der Waals surface area (Å²) in [5, 5.41) is 0. The lowest BCUT2D eigenvalue weighted by molar-refractivity contribution is -0.139. The second kappa shape index (κ2) is 4.79. The van der Waals surface area contributed by atoms with Crippen molar-refractivity contribution in [2.75, 3.05) is 19.8 Å². The Bertz CT molecular complexity index is 271. The number of aliphatic imine (C=N–C) groups is 1. The van der Waals surface area contributed by atoms with Gasteiger partial charge in [0.2, 0.25) is 0 Å². The topological polar surface area (TPSA) is 47.9 Å². The van der Waals surface area contributed by atoms with Gasteiger partial charge < -0.3 is 9.47 Å². The first-order chi connectivity index (χ1) is 6.61. The van der Waals surface area contributed by atoms with Gasteiger partial charge >= 0.3 is 5.97 Å². The number of carbonyl (C=O) groups is 1. The summed E-state index contributed by atoms with van der Waals surface area (Å²) in [7, 11) is 0. The van der Waals surface area contributed by atoms with Crippen LogP contribution in [0.25, 0.3) is 0 Å². The highest BCUT2D eigenvalue weighted by Gasteiger charge is 2.17. The second-order valence-electron chi connectivity index (χ2n) is 3.35. The number of carbonyl (C=O) groups excluding carboxylic acids is 1. The molecule has 4 heteroatoms. The molecule has 78 valence electrons. The van der Waals surface area contributed by atoms with Crippen molar-refractivity contribution in [2.45, 2.75) is 13.8 Å². The van der Waals surface area contributed by atoms with E-state index in [4.69, 9.17) is 9.47 Å². The summed E-state index contributed by atoms with van der Waals surface area (Å²) in [5.74, 6) is 0.343. The largest absolute Gasteiger partial charge is 0.479 e. The number of rotatable bonds is 4. The third kappa shape index (κ3) is 2.87. The van der Waals surface area contributed by atoms with E-state index < -0.39 is 0 Å². The van der Waals surface area contributed by atoms with E-state index in [0.717, 1.165) is 0 Å². The molecule has 0 saturated heterocycles. The Morgan fingerprint density at radius 3 is 3.00 bits per heavy atom. The third-order valence-electron chi connectivity index (χ3n) is 1.84. The summed E-state index contributed by atoms with van der Waals surface area (Å²) < 4.78 is 10.2. The first-order valence-corrected chi connectivity index (χ1v) is 4.61. The van der Waals surface area contributed by atoms with E-state index in [9.17, 15) is 4.79 Å². The molecular weight excluding hydrogens is 182 g/mol. The van der Waals surface area contributed by atoms with E-state index in [-0.39, 0.29) is 11.9 Å². The van der Waals surface area contributed by atoms with Gasteiger partial charge in [0.1, 0.15) is 13.2 Å². The Labute approximate surface area is 83.6 Å². The van der Waals surface area contributed by atoms with E-state index in [1.54, 1.807) is 6.92 Å². The molecule has 1 aliphatic rings. The van der Waals surface area contributed by atoms with Crippen LogP contribution in [0.5, 0.6) is 0 Å². The predicted molar refractivity (Wildman–Crippen MR) is 53.2 cm³/mol. The molecule has 1 unspecified atom stereocenters. The highest BCUT2D eigenvalue weighted by molar-refractivity contribution is 5.87. The number of hydrogen-bond acceptors (Lipinski definition) is 4. The number of nitrogens with zero attached hydrogens (tertiary/aromatic N) is 1. The van der Waals surface area contributed by atoms with Crippen molar-refractivity contribution in [3.8, 4) is 0 Å². The monoisotopic (exact) mass is 197 g/mol. The van der Waals surface area contributed by atoms with Crippen LogP contribution in [-0.2, 0) is 14.3 Å². The van der Waals surface area contributed by atoms with Crippen LogP contribution in [0, 0.1) is 5.92 Å². The number of hydrogen-bond donors (Lipinski definition) is 0. The van der Waals surface area contributed by atoms with Gasteiger partial charge in [-0.3, -0.25) is 4.99 Å². The minimum atomic E-state index is -0.365. The molecular formula is C10H15NO3. The molecule has 1 aliphatic heterocycles. The van der Waals surface area contributed by atoms with E-state index in [0.29, 0.717) is 31.2 Å². The Morgan fingerprint density at radius 2 is 2.50 bits per heavy atom. The van der Waals surface area contributed by atoms with Crippen LogP contribution in [0.15, 0.2) is 17.1 Å². The molecule has 0 bridgehead atoms. The first-order valence-electron chi connectivity index (χ1n) is 4.61. The molecule has 4 nitrogen and oxygen atoms in total. The van der Waals surface area contributed by atoms with Crippen molar-refractivity contribution < 1.29 is 14.3 Å². The summed E-state index contributed by atoms with van der Waals surface area (Å²) in [5.41, 5.74) is 0.409. The lowest BCUT2D eigenvalue weighted by Gasteiger charge is -2.11. The quantitative estimate of drug-likeness (QED) is 0.502. The van der Waals surface area contributed by atoms with Gasteiger partial charge in [0.15, 0.2) is 5.90 Å². The summed E-state index contributed by atoms with van der Waals surface area (Å²) in [6.07, 6.45) is 0. The van der Waals surface area contributed by atoms with Gasteiger partial charge in [-0.25, -0.2) is 4.79 Å². The minimum Gasteiger partial charge on any atom is -0.479 e. The predicted octanol–water partition coefficient (Wildman–Crippen LogP) is 1.17. The standard InChI is InChI=1S/C10H15NO3/c1-7(2)10(12)14-6-8(3)9-11-4-5-13-9/h8H,1,4-6H2,2-3H3. The zero-order valence-electron chi connectivity index (χ0n) is 8.58. The molecule has 0 spiro atoms. The smallest absolute Gasteiger partial charge is 0.333 e. The van der Waals surface area contributed by atoms with Crippen molar-refractivity contribution in [1.29, 1.82) is 0 Å². The molecule has 1 heterocycles. The highest BCUT2D eigenvalue weighted by Crippen LogP contribution is 2.07. The maximum Gasteiger partial charge on any atom is 0.333 e. The molecule has 14 heavy (non-hydrogen) atoms. The van der Waals surface area contributed by atoms with Crippen molar-refractivity contribution in [2.24, 2.45) is 10.9 Å². The normalized spacial score (nSPS) is 16.9. The highest BCUT2D eigenvalue weighted by atomic mass is 16.5. The van der Waals surface area contributed by atoms with Gasteiger partial charge in [0.25, 0.3) is 0 Å². The molecule has 0 N–H and O–H groups in total. The van der Waals surface area contributed by atoms with Crippen LogP contribution >= 0.6 is 0 Å². The lowest BCUT2D eigenvalue weighted by Crippen LogP contribution is -2.20. The number of ether oxygens (including phenoxy) is 2. The van der Waals surface area contributed by atoms with Crippen molar-refractivity contribution >= 4 is 11.9 Å². The molecule has 0 aromatic carbocycles. The van der Waals surface area contributed by atoms with Crippen molar-refractivity contribution in [3.63, 3.8) is 0 Å². The van der Waals surface area contributed by atoms with E-state index in [1.165, 1.54) is 0 Å². The van der Waals surface area contributed by atoms with Crippen LogP contribution in [0.1, 0.15) is 13.8 Å². The molecule has 0 aromatic heterocycles. The average Bonchev–Trinajstić information content (AvgIpc) is 2.66. The van der Waals surface area contributed by atoms with Gasteiger partial charge in [-0.05, 0) is 6.92 Å². The molecule has 0 aliphatic carbocycles. The van der Waals surface area contributed by atoms with E-state index >= 15 is 0 Å². The molecule has 1 rings (SSSR count). The average molecular weight is 197 g/mol. The fourth-order valence-electron chi connectivity index (χ4n) is 1.04. The van der Waals surface area contributed by atoms with Gasteiger partial charge in [0, 0.05) is 5.57 Å². The molecule has 0 saturated carbocycles. The Morgan fingerprint density at radius 1 is 1.79 bits per heavy atom. The summed E-state index contributed by atoms with van der Waals surface area (Å²) in [6.45, 7) is 8.66. The second-order valence-corrected chi connectivity index (χ2v) is 3.35. The maximum atomic E-state index is 11.1.